The average molecular weight is 307 g/mol. The zero-order valence-corrected chi connectivity index (χ0v) is 14.0. The van der Waals surface area contributed by atoms with Crippen molar-refractivity contribution in [2.75, 3.05) is 19.9 Å². The summed E-state index contributed by atoms with van der Waals surface area (Å²) in [7, 11) is 3.60. The summed E-state index contributed by atoms with van der Waals surface area (Å²) >= 11 is 2.02. The third-order valence-electron chi connectivity index (χ3n) is 4.17. The highest BCUT2D eigenvalue weighted by atomic mass is 32.2. The molecule has 1 aromatic carbocycles. The van der Waals surface area contributed by atoms with Crippen LogP contribution in [0.3, 0.4) is 0 Å². The molecule has 0 spiro atoms. The van der Waals surface area contributed by atoms with E-state index in [-0.39, 0.29) is 5.91 Å². The Kier molecular flexibility index (Phi) is 6.12. The van der Waals surface area contributed by atoms with Gasteiger partial charge >= 0.3 is 0 Å². The van der Waals surface area contributed by atoms with E-state index < -0.39 is 0 Å². The second kappa shape index (κ2) is 7.85. The number of methoxy groups -OCH3 is 1. The number of hydrogen-bond donors (Lipinski definition) is 0. The van der Waals surface area contributed by atoms with Crippen LogP contribution in [0.1, 0.15) is 42.1 Å². The number of carbonyl (C=O) groups excluding carboxylic acids is 1. The number of amides is 1. The maximum atomic E-state index is 12.8. The molecule has 1 aliphatic carbocycles. The minimum atomic E-state index is 0.120. The molecule has 1 aliphatic rings. The predicted octanol–water partition coefficient (Wildman–Crippen LogP) is 3.58. The first-order valence-electron chi connectivity index (χ1n) is 7.63. The first kappa shape index (κ1) is 16.4. The largest absolute Gasteiger partial charge is 0.380 e. The molecule has 4 heteroatoms. The van der Waals surface area contributed by atoms with Gasteiger partial charge in [0.25, 0.3) is 5.91 Å². The van der Waals surface area contributed by atoms with Crippen LogP contribution in [0.5, 0.6) is 0 Å². The van der Waals surface area contributed by atoms with Crippen molar-refractivity contribution < 1.29 is 9.53 Å². The van der Waals surface area contributed by atoms with Gasteiger partial charge in [-0.1, -0.05) is 25.1 Å². The van der Waals surface area contributed by atoms with E-state index in [1.165, 1.54) is 6.42 Å². The smallest absolute Gasteiger partial charge is 0.254 e. The van der Waals surface area contributed by atoms with E-state index in [2.05, 4.69) is 6.92 Å². The lowest BCUT2D eigenvalue weighted by molar-refractivity contribution is 0.0730. The fourth-order valence-corrected chi connectivity index (χ4v) is 4.15. The van der Waals surface area contributed by atoms with Crippen LogP contribution in [0, 0.1) is 0 Å². The highest BCUT2D eigenvalue weighted by molar-refractivity contribution is 7.99. The summed E-state index contributed by atoms with van der Waals surface area (Å²) in [6.07, 6.45) is 3.46. The number of hydrogen-bond acceptors (Lipinski definition) is 3. The van der Waals surface area contributed by atoms with E-state index in [0.29, 0.717) is 17.9 Å². The molecule has 21 heavy (non-hydrogen) atoms. The lowest BCUT2D eigenvalue weighted by Gasteiger charge is -2.25. The van der Waals surface area contributed by atoms with Gasteiger partial charge in [0.05, 0.1) is 6.61 Å². The van der Waals surface area contributed by atoms with Gasteiger partial charge in [-0.25, -0.2) is 0 Å². The maximum Gasteiger partial charge on any atom is 0.254 e. The van der Waals surface area contributed by atoms with Crippen LogP contribution in [0.25, 0.3) is 0 Å². The molecule has 0 heterocycles. The summed E-state index contributed by atoms with van der Waals surface area (Å²) in [5, 5.41) is 0.712. The molecule has 0 saturated heterocycles. The lowest BCUT2D eigenvalue weighted by atomic mass is 10.1. The molecule has 1 saturated carbocycles. The Morgan fingerprint density at radius 3 is 2.86 bits per heavy atom. The molecule has 3 nitrogen and oxygen atoms in total. The van der Waals surface area contributed by atoms with E-state index in [1.807, 2.05) is 48.0 Å². The minimum Gasteiger partial charge on any atom is -0.380 e. The standard InChI is InChI=1S/C17H25NO2S/c1-4-21-15-10-9-14(11-15)18(2)17(19)16-8-6-5-7-13(16)12-20-3/h5-8,14-15H,4,9-12H2,1-3H3/t14-,15-/m1/s1. The normalized spacial score (nSPS) is 21.5. The Hall–Kier alpha value is -1.00. The zero-order valence-electron chi connectivity index (χ0n) is 13.2. The molecule has 2 atom stereocenters. The van der Waals surface area contributed by atoms with Gasteiger partial charge in [-0.15, -0.1) is 0 Å². The highest BCUT2D eigenvalue weighted by Crippen LogP contribution is 2.32. The van der Waals surface area contributed by atoms with Crippen LogP contribution in [0.15, 0.2) is 24.3 Å². The molecule has 2 rings (SSSR count). The molecule has 1 aromatic rings. The van der Waals surface area contributed by atoms with Gasteiger partial charge in [0, 0.05) is 31.0 Å². The van der Waals surface area contributed by atoms with Gasteiger partial charge in [-0.2, -0.15) is 11.8 Å². The summed E-state index contributed by atoms with van der Waals surface area (Å²) in [6.45, 7) is 2.68. The summed E-state index contributed by atoms with van der Waals surface area (Å²) < 4.78 is 5.20. The first-order valence-corrected chi connectivity index (χ1v) is 8.67. The molecule has 0 N–H and O–H groups in total. The Balaban J connectivity index is 2.06. The van der Waals surface area contributed by atoms with Crippen molar-refractivity contribution in [3.8, 4) is 0 Å². The topological polar surface area (TPSA) is 29.5 Å². The second-order valence-corrected chi connectivity index (χ2v) is 7.13. The van der Waals surface area contributed by atoms with Crippen molar-refractivity contribution in [1.82, 2.24) is 4.90 Å². The van der Waals surface area contributed by atoms with Gasteiger partial charge in [-0.05, 0) is 36.6 Å². The quantitative estimate of drug-likeness (QED) is 0.804. The molecule has 0 aromatic heterocycles. The first-order chi connectivity index (χ1) is 10.2. The van der Waals surface area contributed by atoms with Gasteiger partial charge in [-0.3, -0.25) is 4.79 Å². The van der Waals surface area contributed by atoms with E-state index in [0.717, 1.165) is 29.7 Å². The Labute approximate surface area is 132 Å². The van der Waals surface area contributed by atoms with E-state index in [9.17, 15) is 4.79 Å². The molecular formula is C17H25NO2S. The van der Waals surface area contributed by atoms with E-state index >= 15 is 0 Å². The number of carbonyl (C=O) groups is 1. The second-order valence-electron chi connectivity index (χ2n) is 5.55. The Morgan fingerprint density at radius 1 is 1.38 bits per heavy atom. The highest BCUT2D eigenvalue weighted by Gasteiger charge is 2.30. The van der Waals surface area contributed by atoms with Crippen molar-refractivity contribution in [1.29, 1.82) is 0 Å². The van der Waals surface area contributed by atoms with Gasteiger partial charge in [0.2, 0.25) is 0 Å². The molecule has 0 aliphatic heterocycles. The summed E-state index contributed by atoms with van der Waals surface area (Å²) in [4.78, 5) is 14.7. The fraction of sp³-hybridized carbons (Fsp3) is 0.588. The van der Waals surface area contributed by atoms with Crippen molar-refractivity contribution in [3.05, 3.63) is 35.4 Å². The monoisotopic (exact) mass is 307 g/mol. The maximum absolute atomic E-state index is 12.8. The van der Waals surface area contributed by atoms with Crippen LogP contribution in [-0.4, -0.2) is 42.0 Å². The van der Waals surface area contributed by atoms with E-state index in [1.54, 1.807) is 7.11 Å². The average Bonchev–Trinajstić information content (AvgIpc) is 2.96. The Morgan fingerprint density at radius 2 is 2.14 bits per heavy atom. The van der Waals surface area contributed by atoms with Crippen LogP contribution < -0.4 is 0 Å². The molecule has 1 amide bonds. The number of rotatable bonds is 6. The van der Waals surface area contributed by atoms with Crippen LogP contribution in [0.2, 0.25) is 0 Å². The van der Waals surface area contributed by atoms with Crippen molar-refractivity contribution in [3.63, 3.8) is 0 Å². The molecule has 116 valence electrons. The zero-order chi connectivity index (χ0) is 15.2. The molecule has 0 bridgehead atoms. The molecule has 0 unspecified atom stereocenters. The fourth-order valence-electron chi connectivity index (χ4n) is 3.02. The van der Waals surface area contributed by atoms with Crippen LogP contribution in [0.4, 0.5) is 0 Å². The number of benzene rings is 1. The Bertz CT molecular complexity index is 478. The minimum absolute atomic E-state index is 0.120. The van der Waals surface area contributed by atoms with E-state index in [4.69, 9.17) is 4.74 Å². The summed E-state index contributed by atoms with van der Waals surface area (Å²) in [5.74, 6) is 1.28. The number of nitrogens with zero attached hydrogens (tertiary/aromatic N) is 1. The van der Waals surface area contributed by atoms with Gasteiger partial charge in [0.15, 0.2) is 0 Å². The third kappa shape index (κ3) is 4.01. The van der Waals surface area contributed by atoms with Crippen molar-refractivity contribution >= 4 is 17.7 Å². The van der Waals surface area contributed by atoms with Crippen molar-refractivity contribution in [2.24, 2.45) is 0 Å². The summed E-state index contributed by atoms with van der Waals surface area (Å²) in [6, 6.07) is 8.12. The lowest BCUT2D eigenvalue weighted by Crippen LogP contribution is -2.36. The van der Waals surface area contributed by atoms with Crippen LogP contribution in [-0.2, 0) is 11.3 Å². The number of thioether (sulfide) groups is 1. The molecular weight excluding hydrogens is 282 g/mol. The van der Waals surface area contributed by atoms with Gasteiger partial charge in [0.1, 0.15) is 0 Å². The van der Waals surface area contributed by atoms with Crippen molar-refractivity contribution in [2.45, 2.75) is 44.1 Å². The van der Waals surface area contributed by atoms with Gasteiger partial charge < -0.3 is 9.64 Å². The third-order valence-corrected chi connectivity index (χ3v) is 5.41. The number of ether oxygens (including phenoxy) is 1. The van der Waals surface area contributed by atoms with Crippen LogP contribution >= 0.6 is 11.8 Å². The SMILES string of the molecule is CCS[C@@H]1CC[C@@H](N(C)C(=O)c2ccccc2COC)C1. The molecule has 0 radical (unpaired) electrons. The molecule has 1 fully saturated rings. The summed E-state index contributed by atoms with van der Waals surface area (Å²) in [5.41, 5.74) is 1.74. The predicted molar refractivity (Wildman–Crippen MR) is 88.8 cm³/mol.